The van der Waals surface area contributed by atoms with Gasteiger partial charge in [0, 0.05) is 25.0 Å². The number of hydrogen-bond donors (Lipinski definition) is 0. The van der Waals surface area contributed by atoms with E-state index in [-0.39, 0.29) is 5.56 Å². The van der Waals surface area contributed by atoms with E-state index in [9.17, 15) is 13.2 Å². The van der Waals surface area contributed by atoms with E-state index in [1.165, 1.54) is 6.26 Å². The molecule has 0 spiro atoms. The summed E-state index contributed by atoms with van der Waals surface area (Å²) in [5, 5.41) is 5.29. The van der Waals surface area contributed by atoms with Crippen LogP contribution in [0.3, 0.4) is 0 Å². The predicted molar refractivity (Wildman–Crippen MR) is 131 cm³/mol. The van der Waals surface area contributed by atoms with Crippen molar-refractivity contribution in [2.45, 2.75) is 31.0 Å². The van der Waals surface area contributed by atoms with Crippen LogP contribution in [0.25, 0.3) is 16.7 Å². The Balaban J connectivity index is 1.65. The lowest BCUT2D eigenvalue weighted by molar-refractivity contribution is 0.546. The van der Waals surface area contributed by atoms with E-state index in [0.717, 1.165) is 30.6 Å². The van der Waals surface area contributed by atoms with Crippen LogP contribution in [0.2, 0.25) is 0 Å². The number of sulfone groups is 1. The maximum absolute atomic E-state index is 13.1. The minimum Gasteiger partial charge on any atom is -0.352 e. The van der Waals surface area contributed by atoms with Crippen molar-refractivity contribution in [2.24, 2.45) is 0 Å². The molecule has 0 atom stereocenters. The molecule has 170 valence electrons. The van der Waals surface area contributed by atoms with Crippen LogP contribution in [0, 0.1) is 4.77 Å². The summed E-state index contributed by atoms with van der Waals surface area (Å²) in [4.78, 5) is 15.5. The first-order valence-corrected chi connectivity index (χ1v) is 12.9. The van der Waals surface area contributed by atoms with Crippen molar-refractivity contribution in [1.29, 1.82) is 0 Å². The van der Waals surface area contributed by atoms with E-state index in [0.29, 0.717) is 39.6 Å². The molecule has 0 bridgehead atoms. The highest BCUT2D eigenvalue weighted by atomic mass is 32.2. The summed E-state index contributed by atoms with van der Waals surface area (Å²) in [5.74, 6) is 0.466. The molecule has 2 aromatic heterocycles. The van der Waals surface area contributed by atoms with E-state index in [1.54, 1.807) is 33.5 Å². The zero-order valence-electron chi connectivity index (χ0n) is 18.1. The Bertz CT molecular complexity index is 1650. The molecule has 5 rings (SSSR count). The number of allylic oxidation sites excluding steroid dienone is 1. The molecule has 10 heteroatoms. The van der Waals surface area contributed by atoms with Gasteiger partial charge in [0.15, 0.2) is 9.84 Å². The molecule has 2 aromatic carbocycles. The lowest BCUT2D eigenvalue weighted by atomic mass is 10.0. The Hall–Kier alpha value is -3.24. The Morgan fingerprint density at radius 3 is 2.76 bits per heavy atom. The highest BCUT2D eigenvalue weighted by molar-refractivity contribution is 7.90. The van der Waals surface area contributed by atoms with Gasteiger partial charge in [0.05, 0.1) is 15.8 Å². The summed E-state index contributed by atoms with van der Waals surface area (Å²) in [6, 6.07) is 12.6. The highest BCUT2D eigenvalue weighted by Crippen LogP contribution is 2.30. The van der Waals surface area contributed by atoms with Crippen LogP contribution in [0.1, 0.15) is 12.0 Å². The highest BCUT2D eigenvalue weighted by Gasteiger charge is 2.22. The number of fused-ring (bicyclic) bond motifs is 4. The fourth-order valence-electron chi connectivity index (χ4n) is 4.44. The summed E-state index contributed by atoms with van der Waals surface area (Å²) >= 11 is 5.79. The number of anilines is 1. The maximum atomic E-state index is 13.1. The molecule has 0 fully saturated rings. The molecule has 3 heterocycles. The van der Waals surface area contributed by atoms with Gasteiger partial charge in [-0.25, -0.2) is 13.1 Å². The van der Waals surface area contributed by atoms with E-state index in [4.69, 9.17) is 17.3 Å². The average molecular weight is 482 g/mol. The molecule has 4 aromatic rings. The first kappa shape index (κ1) is 21.6. The molecule has 33 heavy (non-hydrogen) atoms. The molecule has 0 aliphatic carbocycles. The van der Waals surface area contributed by atoms with Gasteiger partial charge in [0.25, 0.3) is 5.56 Å². The zero-order chi connectivity index (χ0) is 23.3. The van der Waals surface area contributed by atoms with Crippen molar-refractivity contribution in [2.75, 3.05) is 17.7 Å². The molecule has 0 saturated heterocycles. The Morgan fingerprint density at radius 1 is 1.21 bits per heavy atom. The molecule has 0 radical (unpaired) electrons. The Morgan fingerprint density at radius 2 is 2.00 bits per heavy atom. The smallest absolute Gasteiger partial charge is 0.263 e. The first-order chi connectivity index (χ1) is 15.8. The normalized spacial score (nSPS) is 14.0. The fraction of sp³-hybridized carbons (Fsp3) is 0.261. The van der Waals surface area contributed by atoms with Gasteiger partial charge in [-0.15, -0.1) is 11.7 Å². The second-order valence-corrected chi connectivity index (χ2v) is 10.6. The third-order valence-electron chi connectivity index (χ3n) is 5.99. The van der Waals surface area contributed by atoms with Gasteiger partial charge in [-0.1, -0.05) is 18.2 Å². The van der Waals surface area contributed by atoms with Crippen molar-refractivity contribution < 1.29 is 8.42 Å². The summed E-state index contributed by atoms with van der Waals surface area (Å²) in [5.41, 5.74) is 2.54. The molecule has 1 aliphatic rings. The van der Waals surface area contributed by atoms with Crippen LogP contribution in [-0.2, 0) is 29.5 Å². The van der Waals surface area contributed by atoms with E-state index >= 15 is 0 Å². The quantitative estimate of drug-likeness (QED) is 0.322. The van der Waals surface area contributed by atoms with E-state index < -0.39 is 9.84 Å². The Kier molecular flexibility index (Phi) is 5.21. The fourth-order valence-corrected chi connectivity index (χ4v) is 5.39. The summed E-state index contributed by atoms with van der Waals surface area (Å²) in [7, 11) is -3.27. The second kappa shape index (κ2) is 7.96. The summed E-state index contributed by atoms with van der Waals surface area (Å²) in [6.07, 6.45) is 4.59. The summed E-state index contributed by atoms with van der Waals surface area (Å²) in [6.45, 7) is 5.28. The van der Waals surface area contributed by atoms with E-state index in [1.807, 2.05) is 28.7 Å². The van der Waals surface area contributed by atoms with Crippen molar-refractivity contribution >= 4 is 44.4 Å². The van der Waals surface area contributed by atoms with Gasteiger partial charge in [-0.2, -0.15) is 0 Å². The molecular formula is C23H23N5O3S2. The molecular weight excluding hydrogens is 458 g/mol. The molecule has 0 saturated carbocycles. The lowest BCUT2D eigenvalue weighted by Gasteiger charge is -2.31. The third kappa shape index (κ3) is 3.59. The van der Waals surface area contributed by atoms with Crippen molar-refractivity contribution in [3.8, 4) is 0 Å². The molecule has 0 unspecified atom stereocenters. The topological polar surface area (TPSA) is 81.6 Å². The van der Waals surface area contributed by atoms with Gasteiger partial charge >= 0.3 is 0 Å². The van der Waals surface area contributed by atoms with Gasteiger partial charge in [0.2, 0.25) is 10.5 Å². The van der Waals surface area contributed by atoms with Crippen LogP contribution in [-0.4, -0.2) is 40.0 Å². The number of nitrogens with zero attached hydrogens (tertiary/aromatic N) is 5. The van der Waals surface area contributed by atoms with Gasteiger partial charge in [-0.3, -0.25) is 13.8 Å². The Labute approximate surface area is 195 Å². The van der Waals surface area contributed by atoms with Crippen molar-refractivity contribution in [3.63, 3.8) is 0 Å². The lowest BCUT2D eigenvalue weighted by Crippen LogP contribution is -2.32. The third-order valence-corrected chi connectivity index (χ3v) is 7.50. The number of rotatable bonds is 5. The molecule has 0 N–H and O–H groups in total. The van der Waals surface area contributed by atoms with Crippen molar-refractivity contribution in [3.05, 3.63) is 75.8 Å². The van der Waals surface area contributed by atoms with Crippen LogP contribution < -0.4 is 10.5 Å². The largest absolute Gasteiger partial charge is 0.352 e. The monoisotopic (exact) mass is 481 g/mol. The number of aromatic nitrogens is 4. The van der Waals surface area contributed by atoms with Crippen molar-refractivity contribution in [1.82, 2.24) is 18.7 Å². The van der Waals surface area contributed by atoms with Crippen LogP contribution in [0.5, 0.6) is 0 Å². The minimum atomic E-state index is -3.27. The predicted octanol–water partition coefficient (Wildman–Crippen LogP) is 3.18. The van der Waals surface area contributed by atoms with Gasteiger partial charge < -0.3 is 4.90 Å². The van der Waals surface area contributed by atoms with Gasteiger partial charge in [-0.05, 0) is 61.0 Å². The zero-order valence-corrected chi connectivity index (χ0v) is 19.8. The standard InChI is InChI=1S/C23H23N5O3S2/c1-3-12-26-21(29)18-8-4-5-9-20(18)28-22(26)24-27(23(28)32)15-25-13-6-7-16-14-17(33(2,30)31)10-11-19(16)25/h3-5,8-11,14H,1,6-7,12-13,15H2,2H3. The number of benzene rings is 2. The SMILES string of the molecule is C=CCn1c(=O)c2ccccc2n2c(=S)n(CN3CCCc4cc(S(C)(=O)=O)ccc43)nc12. The number of para-hydroxylation sites is 1. The molecule has 1 aliphatic heterocycles. The molecule has 8 nitrogen and oxygen atoms in total. The second-order valence-electron chi connectivity index (χ2n) is 8.21. The van der Waals surface area contributed by atoms with Crippen LogP contribution in [0.4, 0.5) is 5.69 Å². The average Bonchev–Trinajstić information content (AvgIpc) is 3.12. The van der Waals surface area contributed by atoms with E-state index in [2.05, 4.69) is 11.5 Å². The summed E-state index contributed by atoms with van der Waals surface area (Å²) < 4.78 is 29.6. The molecule has 0 amide bonds. The maximum Gasteiger partial charge on any atom is 0.263 e. The first-order valence-electron chi connectivity index (χ1n) is 10.6. The van der Waals surface area contributed by atoms with Crippen LogP contribution in [0.15, 0.2) is 64.8 Å². The minimum absolute atomic E-state index is 0.137. The van der Waals surface area contributed by atoms with Crippen LogP contribution >= 0.6 is 12.2 Å². The number of aryl methyl sites for hydroxylation is 1. The number of hydrogen-bond acceptors (Lipinski definition) is 6. The van der Waals surface area contributed by atoms with Gasteiger partial charge in [0.1, 0.15) is 6.67 Å².